The topological polar surface area (TPSA) is 91.8 Å². The van der Waals surface area contributed by atoms with Crippen molar-refractivity contribution in [1.29, 1.82) is 0 Å². The number of ether oxygens (including phenoxy) is 1. The Morgan fingerprint density at radius 2 is 1.97 bits per heavy atom. The number of amides is 1. The maximum atomic E-state index is 13.3. The van der Waals surface area contributed by atoms with Crippen molar-refractivity contribution in [3.8, 4) is 0 Å². The molecular formula is C24H32ClN3O4S. The normalized spacial score (nSPS) is 21.8. The predicted octanol–water partition coefficient (Wildman–Crippen LogP) is 4.09. The average molecular weight is 494 g/mol. The summed E-state index contributed by atoms with van der Waals surface area (Å²) in [6.07, 6.45) is 0.572. The summed E-state index contributed by atoms with van der Waals surface area (Å²) in [7, 11) is 1.35. The molecule has 1 saturated heterocycles. The number of likely N-dealkylation sites (tertiary alicyclic amines) is 1. The quantitative estimate of drug-likeness (QED) is 0.564. The van der Waals surface area contributed by atoms with Gasteiger partial charge in [0.1, 0.15) is 0 Å². The summed E-state index contributed by atoms with van der Waals surface area (Å²) >= 11 is 7.42. The molecule has 0 saturated carbocycles. The number of piperidine rings is 1. The van der Waals surface area contributed by atoms with E-state index in [4.69, 9.17) is 11.6 Å². The number of esters is 1. The number of methoxy groups -OCH3 is 1. The molecule has 7 nitrogen and oxygen atoms in total. The highest BCUT2D eigenvalue weighted by Gasteiger charge is 2.50. The first-order chi connectivity index (χ1) is 15.5. The molecule has 3 atom stereocenters. The lowest BCUT2D eigenvalue weighted by Gasteiger charge is -2.51. The third-order valence-corrected chi connectivity index (χ3v) is 7.75. The van der Waals surface area contributed by atoms with E-state index < -0.39 is 11.0 Å². The molecule has 9 heteroatoms. The monoisotopic (exact) mass is 493 g/mol. The van der Waals surface area contributed by atoms with Crippen LogP contribution in [0.3, 0.4) is 0 Å². The van der Waals surface area contributed by atoms with Crippen molar-refractivity contribution < 1.29 is 19.4 Å². The number of hydrogen-bond donors (Lipinski definition) is 2. The Morgan fingerprint density at radius 3 is 2.58 bits per heavy atom. The van der Waals surface area contributed by atoms with Crippen LogP contribution in [0.1, 0.15) is 45.4 Å². The Kier molecular flexibility index (Phi) is 7.71. The maximum Gasteiger partial charge on any atom is 0.311 e. The van der Waals surface area contributed by atoms with Gasteiger partial charge < -0.3 is 20.1 Å². The Labute approximate surface area is 204 Å². The summed E-state index contributed by atoms with van der Waals surface area (Å²) < 4.78 is 4.68. The van der Waals surface area contributed by atoms with Crippen LogP contribution in [-0.2, 0) is 26.3 Å². The number of aliphatic hydroxyl groups is 1. The molecule has 0 bridgehead atoms. The van der Waals surface area contributed by atoms with E-state index in [-0.39, 0.29) is 30.3 Å². The number of nitrogens with one attached hydrogen (secondary N) is 1. The third kappa shape index (κ3) is 5.50. The fourth-order valence-corrected chi connectivity index (χ4v) is 5.20. The number of hydrogen-bond acceptors (Lipinski definition) is 7. The number of thiazole rings is 1. The highest BCUT2D eigenvalue weighted by Crippen LogP contribution is 2.46. The lowest BCUT2D eigenvalue weighted by Crippen LogP contribution is -2.58. The zero-order valence-electron chi connectivity index (χ0n) is 19.7. The molecule has 1 fully saturated rings. The molecule has 1 aromatic carbocycles. The van der Waals surface area contributed by atoms with Crippen LogP contribution in [0, 0.1) is 11.3 Å². The first-order valence-corrected chi connectivity index (χ1v) is 12.3. The average Bonchev–Trinajstić information content (AvgIpc) is 3.21. The van der Waals surface area contributed by atoms with Gasteiger partial charge in [0.15, 0.2) is 5.13 Å². The van der Waals surface area contributed by atoms with Crippen molar-refractivity contribution in [2.75, 3.05) is 25.5 Å². The lowest BCUT2D eigenvalue weighted by molar-refractivity contribution is -0.156. The highest BCUT2D eigenvalue weighted by atomic mass is 35.5. The largest absolute Gasteiger partial charge is 0.469 e. The molecule has 1 aromatic heterocycles. The van der Waals surface area contributed by atoms with E-state index in [1.807, 2.05) is 50.1 Å². The molecule has 1 aliphatic heterocycles. The van der Waals surface area contributed by atoms with Gasteiger partial charge in [-0.3, -0.25) is 9.59 Å². The van der Waals surface area contributed by atoms with Gasteiger partial charge in [-0.05, 0) is 31.0 Å². The molecule has 1 amide bonds. The number of carbonyl (C=O) groups is 2. The summed E-state index contributed by atoms with van der Waals surface area (Å²) in [5.41, 5.74) is -0.125. The van der Waals surface area contributed by atoms with Gasteiger partial charge in [0.25, 0.3) is 0 Å². The van der Waals surface area contributed by atoms with Crippen LogP contribution in [0.2, 0.25) is 5.02 Å². The molecule has 33 heavy (non-hydrogen) atoms. The number of anilines is 1. The Morgan fingerprint density at radius 1 is 1.30 bits per heavy atom. The van der Waals surface area contributed by atoms with E-state index in [1.54, 1.807) is 12.1 Å². The first kappa shape index (κ1) is 25.5. The third-order valence-electron chi connectivity index (χ3n) is 6.68. The Balaban J connectivity index is 1.64. The minimum atomic E-state index is -1.04. The molecule has 2 N–H and O–H groups in total. The van der Waals surface area contributed by atoms with E-state index in [0.29, 0.717) is 35.4 Å². The van der Waals surface area contributed by atoms with Gasteiger partial charge in [0.2, 0.25) is 5.91 Å². The molecule has 1 unspecified atom stereocenters. The fourth-order valence-electron chi connectivity index (χ4n) is 4.27. The summed E-state index contributed by atoms with van der Waals surface area (Å²) in [5, 5.41) is 17.9. The minimum Gasteiger partial charge on any atom is -0.469 e. The second kappa shape index (κ2) is 9.99. The Bertz CT molecular complexity index is 994. The summed E-state index contributed by atoms with van der Waals surface area (Å²) in [6, 6.07) is 7.13. The minimum absolute atomic E-state index is 0.0348. The van der Waals surface area contributed by atoms with Crippen LogP contribution in [0.4, 0.5) is 5.13 Å². The standard InChI is InChI=1S/C24H32ClN3O4S/c1-15(16(2)26-22-27-19(13-33-22)12-20(29)32-5)21(30)28-11-10-24(31,23(3,4)14-28)17-6-8-18(25)9-7-17/h6-9,13,15-16,31H,10-12,14H2,1-5H3,(H,26,27)/t15-,16?,24+/m1/s1. The fraction of sp³-hybridized carbons (Fsp3) is 0.542. The van der Waals surface area contributed by atoms with Crippen molar-refractivity contribution in [2.24, 2.45) is 11.3 Å². The van der Waals surface area contributed by atoms with Crippen molar-refractivity contribution in [2.45, 2.75) is 52.2 Å². The van der Waals surface area contributed by atoms with E-state index in [0.717, 1.165) is 5.56 Å². The molecule has 2 heterocycles. The molecule has 180 valence electrons. The number of benzene rings is 1. The highest BCUT2D eigenvalue weighted by molar-refractivity contribution is 7.13. The smallest absolute Gasteiger partial charge is 0.311 e. The summed E-state index contributed by atoms with van der Waals surface area (Å²) in [6.45, 7) is 8.75. The number of halogens is 1. The molecule has 1 aliphatic rings. The molecule has 0 radical (unpaired) electrons. The van der Waals surface area contributed by atoms with Gasteiger partial charge in [-0.2, -0.15) is 0 Å². The van der Waals surface area contributed by atoms with Crippen LogP contribution < -0.4 is 5.32 Å². The summed E-state index contributed by atoms with van der Waals surface area (Å²) in [4.78, 5) is 31.0. The molecule has 2 aromatic rings. The van der Waals surface area contributed by atoms with Crippen LogP contribution >= 0.6 is 22.9 Å². The molecule has 3 rings (SSSR count). The SMILES string of the molecule is COC(=O)Cc1csc(NC(C)[C@@H](C)C(=O)N2CC[C@](O)(c3ccc(Cl)cc3)C(C)(C)C2)n1. The second-order valence-electron chi connectivity index (χ2n) is 9.38. The van der Waals surface area contributed by atoms with Crippen molar-refractivity contribution in [1.82, 2.24) is 9.88 Å². The van der Waals surface area contributed by atoms with E-state index in [2.05, 4.69) is 15.0 Å². The lowest BCUT2D eigenvalue weighted by atomic mass is 9.66. The summed E-state index contributed by atoms with van der Waals surface area (Å²) in [5.74, 6) is -0.599. The first-order valence-electron chi connectivity index (χ1n) is 11.0. The van der Waals surface area contributed by atoms with Crippen LogP contribution in [0.25, 0.3) is 0 Å². The number of carbonyl (C=O) groups excluding carboxylic acids is 2. The molecule has 0 spiro atoms. The van der Waals surface area contributed by atoms with Crippen molar-refractivity contribution >= 4 is 39.9 Å². The Hall–Kier alpha value is -2.16. The van der Waals surface area contributed by atoms with Gasteiger partial charge in [-0.1, -0.05) is 44.5 Å². The van der Waals surface area contributed by atoms with Crippen molar-refractivity contribution in [3.63, 3.8) is 0 Å². The predicted molar refractivity (Wildman–Crippen MR) is 130 cm³/mol. The van der Waals surface area contributed by atoms with E-state index in [9.17, 15) is 14.7 Å². The zero-order valence-corrected chi connectivity index (χ0v) is 21.3. The van der Waals surface area contributed by atoms with Crippen LogP contribution in [0.15, 0.2) is 29.6 Å². The van der Waals surface area contributed by atoms with Gasteiger partial charge in [-0.25, -0.2) is 4.98 Å². The maximum absolute atomic E-state index is 13.3. The number of rotatable bonds is 7. The number of aromatic nitrogens is 1. The van der Waals surface area contributed by atoms with Gasteiger partial charge in [0, 0.05) is 34.9 Å². The second-order valence-corrected chi connectivity index (χ2v) is 10.7. The van der Waals surface area contributed by atoms with E-state index in [1.165, 1.54) is 18.4 Å². The van der Waals surface area contributed by atoms with Gasteiger partial charge in [-0.15, -0.1) is 11.3 Å². The zero-order chi connectivity index (χ0) is 24.4. The van der Waals surface area contributed by atoms with Crippen LogP contribution in [-0.4, -0.2) is 53.1 Å². The van der Waals surface area contributed by atoms with Crippen LogP contribution in [0.5, 0.6) is 0 Å². The van der Waals surface area contributed by atoms with E-state index >= 15 is 0 Å². The molecule has 0 aliphatic carbocycles. The van der Waals surface area contributed by atoms with Gasteiger partial charge >= 0.3 is 5.97 Å². The van der Waals surface area contributed by atoms with Crippen molar-refractivity contribution in [3.05, 3.63) is 45.9 Å². The number of nitrogens with zero attached hydrogens (tertiary/aromatic N) is 2. The van der Waals surface area contributed by atoms with Gasteiger partial charge in [0.05, 0.1) is 30.7 Å². The molecular weight excluding hydrogens is 462 g/mol.